The van der Waals surface area contributed by atoms with E-state index in [-0.39, 0.29) is 24.0 Å². The Kier molecular flexibility index (Phi) is 11.8. The maximum Gasteiger partial charge on any atom is 0.193 e. The first-order valence-corrected chi connectivity index (χ1v) is 11.3. The van der Waals surface area contributed by atoms with Crippen molar-refractivity contribution in [2.75, 3.05) is 80.8 Å². The first-order valence-electron chi connectivity index (χ1n) is 11.3. The number of likely N-dealkylation sites (tertiary alicyclic amines) is 1. The lowest BCUT2D eigenvalue weighted by Crippen LogP contribution is -2.53. The van der Waals surface area contributed by atoms with E-state index in [1.807, 2.05) is 19.2 Å². The number of piperazine rings is 1. The van der Waals surface area contributed by atoms with Crippen LogP contribution in [-0.4, -0.2) is 107 Å². The van der Waals surface area contributed by atoms with Gasteiger partial charge in [-0.25, -0.2) is 0 Å². The van der Waals surface area contributed by atoms with Crippen LogP contribution in [0.1, 0.15) is 18.4 Å². The molecule has 1 aromatic carbocycles. The molecule has 8 nitrogen and oxygen atoms in total. The van der Waals surface area contributed by atoms with E-state index in [2.05, 4.69) is 31.1 Å². The number of halogens is 1. The fourth-order valence-electron chi connectivity index (χ4n) is 4.53. The van der Waals surface area contributed by atoms with Crippen LogP contribution in [0, 0.1) is 0 Å². The number of hydrogen-bond acceptors (Lipinski definition) is 6. The minimum Gasteiger partial charge on any atom is -0.497 e. The van der Waals surface area contributed by atoms with Crippen LogP contribution in [0.5, 0.6) is 11.5 Å². The van der Waals surface area contributed by atoms with Gasteiger partial charge in [-0.1, -0.05) is 0 Å². The van der Waals surface area contributed by atoms with Crippen molar-refractivity contribution in [1.29, 1.82) is 0 Å². The molecule has 1 unspecified atom stereocenters. The van der Waals surface area contributed by atoms with Crippen molar-refractivity contribution in [3.05, 3.63) is 23.8 Å². The number of guanidine groups is 1. The highest BCUT2D eigenvalue weighted by molar-refractivity contribution is 14.0. The zero-order valence-corrected chi connectivity index (χ0v) is 22.3. The van der Waals surface area contributed by atoms with Gasteiger partial charge in [0.1, 0.15) is 11.5 Å². The summed E-state index contributed by atoms with van der Waals surface area (Å²) in [6.07, 6.45) is 2.50. The minimum absolute atomic E-state index is 0. The Balaban J connectivity index is 0.00000363. The van der Waals surface area contributed by atoms with Crippen LogP contribution in [0.15, 0.2) is 23.2 Å². The monoisotopic (exact) mass is 561 g/mol. The van der Waals surface area contributed by atoms with Crippen LogP contribution in [0.3, 0.4) is 0 Å². The Morgan fingerprint density at radius 2 is 1.88 bits per heavy atom. The zero-order chi connectivity index (χ0) is 22.1. The first-order chi connectivity index (χ1) is 15.2. The van der Waals surface area contributed by atoms with Gasteiger partial charge in [0.15, 0.2) is 5.96 Å². The molecule has 32 heavy (non-hydrogen) atoms. The average Bonchev–Trinajstić information content (AvgIpc) is 3.26. The fourth-order valence-corrected chi connectivity index (χ4v) is 4.53. The summed E-state index contributed by atoms with van der Waals surface area (Å²) < 4.78 is 16.2. The molecule has 0 radical (unpaired) electrons. The summed E-state index contributed by atoms with van der Waals surface area (Å²) in [6.45, 7) is 8.68. The number of methoxy groups -OCH3 is 3. The first kappa shape index (κ1) is 26.9. The van der Waals surface area contributed by atoms with Crippen LogP contribution in [0.2, 0.25) is 0 Å². The molecule has 0 saturated carbocycles. The average molecular weight is 562 g/mol. The molecule has 0 bridgehead atoms. The Hall–Kier alpha value is -1.30. The predicted molar refractivity (Wildman–Crippen MR) is 140 cm³/mol. The van der Waals surface area contributed by atoms with Crippen molar-refractivity contribution < 1.29 is 14.2 Å². The summed E-state index contributed by atoms with van der Waals surface area (Å²) >= 11 is 0. The van der Waals surface area contributed by atoms with Crippen molar-refractivity contribution in [1.82, 2.24) is 20.0 Å². The molecular formula is C23H40IN5O3. The number of benzene rings is 1. The number of nitrogens with one attached hydrogen (secondary N) is 1. The Morgan fingerprint density at radius 1 is 1.09 bits per heavy atom. The van der Waals surface area contributed by atoms with Crippen LogP contribution in [0.25, 0.3) is 0 Å². The van der Waals surface area contributed by atoms with Crippen LogP contribution in [0.4, 0.5) is 0 Å². The number of aliphatic imine (C=N–C) groups is 1. The Labute approximate surface area is 210 Å². The lowest BCUT2D eigenvalue weighted by atomic mass is 10.1. The molecule has 1 N–H and O–H groups in total. The molecule has 2 heterocycles. The summed E-state index contributed by atoms with van der Waals surface area (Å²) in [7, 11) is 7.08. The maximum atomic E-state index is 5.54. The summed E-state index contributed by atoms with van der Waals surface area (Å²) in [5.41, 5.74) is 1.16. The Morgan fingerprint density at radius 3 is 2.53 bits per heavy atom. The molecule has 1 atom stereocenters. The van der Waals surface area contributed by atoms with E-state index >= 15 is 0 Å². The van der Waals surface area contributed by atoms with Crippen molar-refractivity contribution >= 4 is 29.9 Å². The van der Waals surface area contributed by atoms with Gasteiger partial charge in [-0.3, -0.25) is 14.8 Å². The summed E-state index contributed by atoms with van der Waals surface area (Å²) in [5, 5.41) is 3.62. The van der Waals surface area contributed by atoms with Gasteiger partial charge in [0.2, 0.25) is 0 Å². The number of nitrogens with zero attached hydrogens (tertiary/aromatic N) is 4. The lowest BCUT2D eigenvalue weighted by molar-refractivity contribution is 0.140. The summed E-state index contributed by atoms with van der Waals surface area (Å²) in [5.74, 6) is 2.79. The SMILES string of the molecule is CN=C(NCC1CCCN1CCOC)N1CCN(Cc2cc(OC)ccc2OC)CC1.I. The molecule has 3 rings (SSSR count). The van der Waals surface area contributed by atoms with Crippen molar-refractivity contribution in [2.24, 2.45) is 4.99 Å². The molecule has 0 amide bonds. The summed E-state index contributed by atoms with van der Waals surface area (Å²) in [6, 6.07) is 6.56. The highest BCUT2D eigenvalue weighted by atomic mass is 127. The number of hydrogen-bond donors (Lipinski definition) is 1. The van der Waals surface area contributed by atoms with E-state index in [1.54, 1.807) is 21.3 Å². The van der Waals surface area contributed by atoms with E-state index in [9.17, 15) is 0 Å². The van der Waals surface area contributed by atoms with Crippen LogP contribution in [-0.2, 0) is 11.3 Å². The second kappa shape index (κ2) is 14.1. The molecule has 0 aliphatic carbocycles. The van der Waals surface area contributed by atoms with Gasteiger partial charge in [0.25, 0.3) is 0 Å². The van der Waals surface area contributed by atoms with Crippen molar-refractivity contribution in [3.63, 3.8) is 0 Å². The topological polar surface area (TPSA) is 61.8 Å². The molecule has 182 valence electrons. The molecule has 2 aliphatic heterocycles. The third kappa shape index (κ3) is 7.36. The molecule has 0 aromatic heterocycles. The smallest absolute Gasteiger partial charge is 0.193 e. The highest BCUT2D eigenvalue weighted by Crippen LogP contribution is 2.25. The fraction of sp³-hybridized carbons (Fsp3) is 0.696. The number of rotatable bonds is 9. The third-order valence-electron chi connectivity index (χ3n) is 6.34. The molecule has 0 spiro atoms. The van der Waals surface area contributed by atoms with Gasteiger partial charge in [0.05, 0.1) is 20.8 Å². The standard InChI is InChI=1S/C23H39N5O3.HI/c1-24-23(25-17-20-6-5-9-27(20)14-15-29-2)28-12-10-26(11-13-28)18-19-16-21(30-3)7-8-22(19)31-4;/h7-8,16,20H,5-6,9-15,17-18H2,1-4H3,(H,24,25);1H. The molecule has 2 fully saturated rings. The molecular weight excluding hydrogens is 521 g/mol. The second-order valence-corrected chi connectivity index (χ2v) is 8.19. The highest BCUT2D eigenvalue weighted by Gasteiger charge is 2.26. The lowest BCUT2D eigenvalue weighted by Gasteiger charge is -2.37. The molecule has 2 saturated heterocycles. The molecule has 2 aliphatic rings. The van der Waals surface area contributed by atoms with Crippen molar-refractivity contribution in [3.8, 4) is 11.5 Å². The van der Waals surface area contributed by atoms with Gasteiger partial charge in [0, 0.05) is 71.6 Å². The van der Waals surface area contributed by atoms with Crippen molar-refractivity contribution in [2.45, 2.75) is 25.4 Å². The van der Waals surface area contributed by atoms with E-state index in [0.717, 1.165) is 75.4 Å². The van der Waals surface area contributed by atoms with Crippen LogP contribution >= 0.6 is 24.0 Å². The van der Waals surface area contributed by atoms with Gasteiger partial charge in [-0.05, 0) is 37.6 Å². The van der Waals surface area contributed by atoms with Gasteiger partial charge in [-0.2, -0.15) is 0 Å². The Bertz CT molecular complexity index is 713. The summed E-state index contributed by atoms with van der Waals surface area (Å²) in [4.78, 5) is 11.9. The normalized spacial score (nSPS) is 20.2. The van der Waals surface area contributed by atoms with Crippen LogP contribution < -0.4 is 14.8 Å². The minimum atomic E-state index is 0. The van der Waals surface area contributed by atoms with Gasteiger partial charge in [-0.15, -0.1) is 24.0 Å². The van der Waals surface area contributed by atoms with E-state index in [0.29, 0.717) is 6.04 Å². The zero-order valence-electron chi connectivity index (χ0n) is 20.0. The van der Waals surface area contributed by atoms with Gasteiger partial charge < -0.3 is 24.4 Å². The van der Waals surface area contributed by atoms with E-state index in [1.165, 1.54) is 19.4 Å². The molecule has 9 heteroatoms. The maximum absolute atomic E-state index is 5.54. The van der Waals surface area contributed by atoms with E-state index in [4.69, 9.17) is 14.2 Å². The second-order valence-electron chi connectivity index (χ2n) is 8.19. The molecule has 1 aromatic rings. The number of ether oxygens (including phenoxy) is 3. The largest absolute Gasteiger partial charge is 0.497 e. The van der Waals surface area contributed by atoms with E-state index < -0.39 is 0 Å². The van der Waals surface area contributed by atoms with Gasteiger partial charge >= 0.3 is 0 Å². The third-order valence-corrected chi connectivity index (χ3v) is 6.34. The quantitative estimate of drug-likeness (QED) is 0.282. The predicted octanol–water partition coefficient (Wildman–Crippen LogP) is 2.13.